The van der Waals surface area contributed by atoms with Crippen LogP contribution in [0, 0.1) is 0 Å². The number of anilines is 1. The number of nitrogens with one attached hydrogen (secondary N) is 1. The summed E-state index contributed by atoms with van der Waals surface area (Å²) < 4.78 is 1.83. The average molecular weight is 523 g/mol. The van der Waals surface area contributed by atoms with Crippen molar-refractivity contribution in [3.63, 3.8) is 0 Å². The number of carbonyl (C=O) groups excluding carboxylic acids is 3. The third-order valence-corrected chi connectivity index (χ3v) is 7.84. The van der Waals surface area contributed by atoms with Crippen LogP contribution in [0.4, 0.5) is 5.82 Å². The van der Waals surface area contributed by atoms with Gasteiger partial charge in [0.25, 0.3) is 11.8 Å². The van der Waals surface area contributed by atoms with E-state index in [1.807, 2.05) is 35.2 Å². The Bertz CT molecular complexity index is 1280. The summed E-state index contributed by atoms with van der Waals surface area (Å²) in [6.45, 7) is 0.307. The Morgan fingerprint density at radius 1 is 1.22 bits per heavy atom. The van der Waals surface area contributed by atoms with Crippen molar-refractivity contribution in [1.82, 2.24) is 15.2 Å². The molecule has 4 heterocycles. The maximum Gasteiger partial charge on any atom is 0.276 e. The number of pyridine rings is 2. The molecule has 12 heteroatoms. The molecule has 1 saturated carbocycles. The third kappa shape index (κ3) is 5.15. The number of carboxylic acid groups (broad SMARTS) is 1. The van der Waals surface area contributed by atoms with E-state index >= 15 is 0 Å². The van der Waals surface area contributed by atoms with Gasteiger partial charge in [-0.05, 0) is 37.8 Å². The fourth-order valence-electron chi connectivity index (χ4n) is 4.67. The van der Waals surface area contributed by atoms with Gasteiger partial charge in [0.2, 0.25) is 0 Å². The van der Waals surface area contributed by atoms with E-state index in [0.29, 0.717) is 17.9 Å². The molecule has 2 aromatic heterocycles. The molecule has 11 nitrogen and oxygen atoms in total. The van der Waals surface area contributed by atoms with Gasteiger partial charge in [-0.1, -0.05) is 17.3 Å². The first-order valence-corrected chi connectivity index (χ1v) is 13.1. The third-order valence-electron chi connectivity index (χ3n) is 6.50. The predicted molar refractivity (Wildman–Crippen MR) is 132 cm³/mol. The zero-order valence-corrected chi connectivity index (χ0v) is 20.7. The van der Waals surface area contributed by atoms with Crippen molar-refractivity contribution in [3.8, 4) is 0 Å². The van der Waals surface area contributed by atoms with Crippen molar-refractivity contribution in [2.45, 2.75) is 49.7 Å². The van der Waals surface area contributed by atoms with Crippen LogP contribution in [0.1, 0.15) is 31.4 Å². The Morgan fingerprint density at radius 3 is 2.68 bits per heavy atom. The Labute approximate surface area is 217 Å². The van der Waals surface area contributed by atoms with Crippen LogP contribution in [0.2, 0.25) is 0 Å². The smallest absolute Gasteiger partial charge is 0.276 e. The number of oxime groups is 1. The first-order valence-electron chi connectivity index (χ1n) is 12.0. The van der Waals surface area contributed by atoms with Crippen LogP contribution in [0.3, 0.4) is 0 Å². The monoisotopic (exact) mass is 522 g/mol. The molecule has 37 heavy (non-hydrogen) atoms. The van der Waals surface area contributed by atoms with Crippen LogP contribution in [0.5, 0.6) is 0 Å². The molecule has 0 bridgehead atoms. The lowest BCUT2D eigenvalue weighted by Gasteiger charge is -2.50. The number of carboxylic acids is 1. The number of thioether (sulfide) groups is 1. The fraction of sp³-hybridized carbons (Fsp3) is 0.360. The van der Waals surface area contributed by atoms with Gasteiger partial charge in [-0.2, -0.15) is 0 Å². The standard InChI is InChI=1S/C25H26N6O5S/c26-18-10-6-9-17(27-18)19(29-36-16-7-2-3-8-16)22(32)28-20-23(33)31-21(25(34)35)15(14-37-24(20)31)13-30-11-4-1-5-12-30/h1,4-6,9-12,16,20,24H,2-3,7-8,13-14H2,(H3-,26,27,28,32,34,35)/t20?,24-/m0/s1. The average Bonchev–Trinajstić information content (AvgIpc) is 3.41. The lowest BCUT2D eigenvalue weighted by atomic mass is 10.0. The van der Waals surface area contributed by atoms with E-state index in [2.05, 4.69) is 15.5 Å². The topological polar surface area (TPSA) is 154 Å². The first kappa shape index (κ1) is 24.8. The van der Waals surface area contributed by atoms with Crippen molar-refractivity contribution < 1.29 is 28.9 Å². The highest BCUT2D eigenvalue weighted by atomic mass is 32.2. The highest BCUT2D eigenvalue weighted by molar-refractivity contribution is 8.00. The Balaban J connectivity index is 1.35. The molecule has 0 radical (unpaired) electrons. The molecule has 1 unspecified atom stereocenters. The van der Waals surface area contributed by atoms with Gasteiger partial charge < -0.3 is 25.8 Å². The molecule has 2 aromatic rings. The molecule has 1 saturated heterocycles. The number of hydrogen-bond donors (Lipinski definition) is 2. The number of nitrogen functional groups attached to an aromatic ring is 1. The summed E-state index contributed by atoms with van der Waals surface area (Å²) >= 11 is 1.38. The van der Waals surface area contributed by atoms with Crippen molar-refractivity contribution in [2.24, 2.45) is 5.16 Å². The lowest BCUT2D eigenvalue weighted by Crippen LogP contribution is -2.71. The number of aromatic nitrogens is 2. The van der Waals surface area contributed by atoms with E-state index in [0.717, 1.165) is 25.7 Å². The summed E-state index contributed by atoms with van der Waals surface area (Å²) in [5, 5.41) is 18.2. The largest absolute Gasteiger partial charge is 0.543 e. The zero-order chi connectivity index (χ0) is 25.9. The number of amides is 2. The minimum absolute atomic E-state index is 0.0877. The van der Waals surface area contributed by atoms with Gasteiger partial charge in [0.1, 0.15) is 29.0 Å². The maximum absolute atomic E-state index is 13.3. The first-order chi connectivity index (χ1) is 17.9. The van der Waals surface area contributed by atoms with E-state index in [4.69, 9.17) is 10.6 Å². The van der Waals surface area contributed by atoms with Gasteiger partial charge >= 0.3 is 0 Å². The fourth-order valence-corrected chi connectivity index (χ4v) is 6.01. The maximum atomic E-state index is 13.3. The SMILES string of the molecule is Nc1cccc(C(=NOC2CCCC2)C(=O)NC2C(=O)N3C(C(=O)[O-])=C(C[n+]4ccccc4)CS[C@@H]23)n1. The summed E-state index contributed by atoms with van der Waals surface area (Å²) in [7, 11) is 0. The summed E-state index contributed by atoms with van der Waals surface area (Å²) in [6, 6.07) is 9.41. The van der Waals surface area contributed by atoms with Gasteiger partial charge in [0.05, 0.1) is 11.7 Å². The van der Waals surface area contributed by atoms with Crippen molar-refractivity contribution >= 4 is 41.1 Å². The molecule has 2 atom stereocenters. The summed E-state index contributed by atoms with van der Waals surface area (Å²) in [4.78, 5) is 49.4. The number of carbonyl (C=O) groups is 3. The number of β-lactam (4-membered cyclic amide) rings is 1. The van der Waals surface area contributed by atoms with Gasteiger partial charge in [0, 0.05) is 23.5 Å². The summed E-state index contributed by atoms with van der Waals surface area (Å²) in [5.41, 5.74) is 6.34. The normalized spacial score (nSPS) is 21.9. The molecule has 2 fully saturated rings. The molecule has 192 valence electrons. The number of rotatable bonds is 8. The number of fused-ring (bicyclic) bond motifs is 1. The van der Waals surface area contributed by atoms with Gasteiger partial charge in [-0.25, -0.2) is 9.55 Å². The van der Waals surface area contributed by atoms with Crippen LogP contribution in [0.15, 0.2) is 65.2 Å². The van der Waals surface area contributed by atoms with Crippen LogP contribution in [-0.2, 0) is 25.8 Å². The molecule has 5 rings (SSSR count). The molecule has 1 aliphatic carbocycles. The van der Waals surface area contributed by atoms with Gasteiger partial charge in [0.15, 0.2) is 24.7 Å². The summed E-state index contributed by atoms with van der Waals surface area (Å²) in [6.07, 6.45) is 7.30. The summed E-state index contributed by atoms with van der Waals surface area (Å²) in [5.74, 6) is -2.03. The van der Waals surface area contributed by atoms with E-state index in [-0.39, 0.29) is 29.0 Å². The van der Waals surface area contributed by atoms with Crippen molar-refractivity contribution in [1.29, 1.82) is 0 Å². The number of nitrogens with zero attached hydrogens (tertiary/aromatic N) is 4. The molecule has 2 amide bonds. The van der Waals surface area contributed by atoms with Crippen LogP contribution < -0.4 is 20.7 Å². The molecule has 0 spiro atoms. The zero-order valence-electron chi connectivity index (χ0n) is 19.9. The molecule has 3 aliphatic rings. The molecular formula is C25H26N6O5S. The van der Waals surface area contributed by atoms with E-state index in [9.17, 15) is 19.5 Å². The molecule has 0 aromatic carbocycles. The second-order valence-electron chi connectivity index (χ2n) is 9.05. The van der Waals surface area contributed by atoms with Crippen LogP contribution >= 0.6 is 11.8 Å². The highest BCUT2D eigenvalue weighted by Crippen LogP contribution is 2.40. The van der Waals surface area contributed by atoms with E-state index in [1.54, 1.807) is 18.2 Å². The highest BCUT2D eigenvalue weighted by Gasteiger charge is 2.53. The predicted octanol–water partition coefficient (Wildman–Crippen LogP) is -0.281. The second kappa shape index (κ2) is 10.6. The molecule has 3 N–H and O–H groups in total. The quantitative estimate of drug-likeness (QED) is 0.208. The van der Waals surface area contributed by atoms with Crippen LogP contribution in [-0.4, -0.2) is 56.7 Å². The van der Waals surface area contributed by atoms with Crippen molar-refractivity contribution in [3.05, 3.63) is 65.8 Å². The molecule has 2 aliphatic heterocycles. The number of aliphatic carboxylic acids is 1. The Morgan fingerprint density at radius 2 is 1.97 bits per heavy atom. The Kier molecular flexibility index (Phi) is 7.08. The van der Waals surface area contributed by atoms with Gasteiger partial charge in [-0.15, -0.1) is 11.8 Å². The van der Waals surface area contributed by atoms with E-state index < -0.39 is 29.2 Å². The minimum Gasteiger partial charge on any atom is -0.543 e. The second-order valence-corrected chi connectivity index (χ2v) is 10.2. The van der Waals surface area contributed by atoms with E-state index in [1.165, 1.54) is 16.7 Å². The van der Waals surface area contributed by atoms with Crippen molar-refractivity contribution in [2.75, 3.05) is 11.5 Å². The number of hydrogen-bond acceptors (Lipinski definition) is 9. The lowest BCUT2D eigenvalue weighted by molar-refractivity contribution is -0.689. The van der Waals surface area contributed by atoms with Crippen LogP contribution in [0.25, 0.3) is 0 Å². The molecular weight excluding hydrogens is 496 g/mol. The van der Waals surface area contributed by atoms with Gasteiger partial charge in [-0.3, -0.25) is 14.5 Å². The Hall–Kier alpha value is -3.93. The number of nitrogens with two attached hydrogens (primary N) is 1. The minimum atomic E-state index is -1.42.